The summed E-state index contributed by atoms with van der Waals surface area (Å²) in [5.74, 6) is 0.563. The molecule has 0 bridgehead atoms. The van der Waals surface area contributed by atoms with Crippen LogP contribution < -0.4 is 15.4 Å². The van der Waals surface area contributed by atoms with Crippen molar-refractivity contribution < 1.29 is 19.0 Å². The number of fused-ring (bicyclic) bond motifs is 1. The molecule has 0 amide bonds. The third-order valence-electron chi connectivity index (χ3n) is 7.54. The monoisotopic (exact) mass is 585 g/mol. The predicted molar refractivity (Wildman–Crippen MR) is 162 cm³/mol. The maximum atomic E-state index is 15.5. The number of aliphatic hydroxyl groups excluding tert-OH is 1. The van der Waals surface area contributed by atoms with E-state index in [9.17, 15) is 5.11 Å². The highest BCUT2D eigenvalue weighted by Crippen LogP contribution is 2.41. The Bertz CT molecular complexity index is 1760. The molecule has 0 unspecified atom stereocenters. The van der Waals surface area contributed by atoms with Crippen LogP contribution in [0.25, 0.3) is 33.3 Å². The molecule has 214 valence electrons. The van der Waals surface area contributed by atoms with Crippen molar-refractivity contribution in [3.8, 4) is 28.0 Å². The average Bonchev–Trinajstić information content (AvgIpc) is 3.42. The minimum absolute atomic E-state index is 0.185. The SMILES string of the molecule is COc1cc(-c2cccc(-c3cccc(Nc4nccc5nccnc45)c3C)c2Cl)cc(F)c1CN[C@@H]1COC[C@@H]1O. The number of aliphatic hydroxyl groups is 1. The highest BCUT2D eigenvalue weighted by molar-refractivity contribution is 6.36. The zero-order valence-corrected chi connectivity index (χ0v) is 23.8. The summed E-state index contributed by atoms with van der Waals surface area (Å²) in [4.78, 5) is 13.3. The quantitative estimate of drug-likeness (QED) is 0.202. The van der Waals surface area contributed by atoms with E-state index in [4.69, 9.17) is 21.1 Å². The van der Waals surface area contributed by atoms with Gasteiger partial charge in [0.25, 0.3) is 0 Å². The van der Waals surface area contributed by atoms with Crippen LogP contribution >= 0.6 is 11.6 Å². The van der Waals surface area contributed by atoms with Crippen LogP contribution in [-0.2, 0) is 11.3 Å². The van der Waals surface area contributed by atoms with Gasteiger partial charge in [0.2, 0.25) is 0 Å². The van der Waals surface area contributed by atoms with Crippen LogP contribution in [0.4, 0.5) is 15.9 Å². The normalized spacial score (nSPS) is 16.6. The molecule has 5 aromatic rings. The number of nitrogens with zero attached hydrogens (tertiary/aromatic N) is 3. The van der Waals surface area contributed by atoms with Gasteiger partial charge in [0.05, 0.1) is 43.0 Å². The second-order valence-electron chi connectivity index (χ2n) is 10.1. The fourth-order valence-electron chi connectivity index (χ4n) is 5.23. The van der Waals surface area contributed by atoms with Crippen LogP contribution in [0.2, 0.25) is 5.02 Å². The van der Waals surface area contributed by atoms with E-state index >= 15 is 4.39 Å². The zero-order chi connectivity index (χ0) is 29.2. The summed E-state index contributed by atoms with van der Waals surface area (Å²) in [6, 6.07) is 16.4. The van der Waals surface area contributed by atoms with E-state index in [-0.39, 0.29) is 19.2 Å². The lowest BCUT2D eigenvalue weighted by atomic mass is 9.94. The highest BCUT2D eigenvalue weighted by Gasteiger charge is 2.26. The smallest absolute Gasteiger partial charge is 0.158 e. The number of hydrogen-bond acceptors (Lipinski definition) is 8. The Kier molecular flexibility index (Phi) is 7.99. The summed E-state index contributed by atoms with van der Waals surface area (Å²) in [6.07, 6.45) is 4.35. The highest BCUT2D eigenvalue weighted by atomic mass is 35.5. The molecule has 0 saturated carbocycles. The number of anilines is 2. The second-order valence-corrected chi connectivity index (χ2v) is 10.5. The van der Waals surface area contributed by atoms with Gasteiger partial charge in [0.15, 0.2) is 5.82 Å². The van der Waals surface area contributed by atoms with Crippen LogP contribution in [0.1, 0.15) is 11.1 Å². The number of methoxy groups -OCH3 is 1. The van der Waals surface area contributed by atoms with Crippen molar-refractivity contribution in [2.45, 2.75) is 25.6 Å². The van der Waals surface area contributed by atoms with Crippen LogP contribution in [-0.4, -0.2) is 52.5 Å². The Morgan fingerprint density at radius 1 is 1.00 bits per heavy atom. The molecule has 3 aromatic carbocycles. The number of nitrogens with one attached hydrogen (secondary N) is 2. The molecule has 1 aliphatic heterocycles. The van der Waals surface area contributed by atoms with Crippen LogP contribution in [0, 0.1) is 12.7 Å². The first-order valence-corrected chi connectivity index (χ1v) is 13.9. The third-order valence-corrected chi connectivity index (χ3v) is 7.95. The van der Waals surface area contributed by atoms with E-state index in [1.54, 1.807) is 24.7 Å². The van der Waals surface area contributed by atoms with Gasteiger partial charge in [-0.3, -0.25) is 4.98 Å². The summed E-state index contributed by atoms with van der Waals surface area (Å²) in [5.41, 5.74) is 6.59. The molecular formula is C32H29ClFN5O3. The van der Waals surface area contributed by atoms with Gasteiger partial charge in [-0.05, 0) is 47.9 Å². The number of halogens is 2. The van der Waals surface area contributed by atoms with Crippen molar-refractivity contribution in [3.63, 3.8) is 0 Å². The summed E-state index contributed by atoms with van der Waals surface area (Å²) in [5, 5.41) is 17.1. The van der Waals surface area contributed by atoms with Crippen LogP contribution in [0.15, 0.2) is 73.2 Å². The van der Waals surface area contributed by atoms with Gasteiger partial charge in [-0.15, -0.1) is 0 Å². The van der Waals surface area contributed by atoms with Gasteiger partial charge < -0.3 is 25.2 Å². The summed E-state index contributed by atoms with van der Waals surface area (Å²) in [7, 11) is 1.51. The summed E-state index contributed by atoms with van der Waals surface area (Å²) < 4.78 is 26.3. The molecule has 3 heterocycles. The number of hydrogen-bond donors (Lipinski definition) is 3. The number of benzene rings is 3. The number of aromatic nitrogens is 3. The van der Waals surface area contributed by atoms with E-state index in [1.807, 2.05) is 49.4 Å². The van der Waals surface area contributed by atoms with Crippen molar-refractivity contribution in [1.29, 1.82) is 0 Å². The van der Waals surface area contributed by atoms with E-state index < -0.39 is 11.9 Å². The molecule has 6 rings (SSSR count). The van der Waals surface area contributed by atoms with Crippen molar-refractivity contribution in [3.05, 3.63) is 95.2 Å². The predicted octanol–water partition coefficient (Wildman–Crippen LogP) is 6.06. The van der Waals surface area contributed by atoms with Crippen molar-refractivity contribution in [2.24, 2.45) is 0 Å². The molecule has 1 fully saturated rings. The first kappa shape index (κ1) is 28.0. The largest absolute Gasteiger partial charge is 0.496 e. The topological polar surface area (TPSA) is 101 Å². The van der Waals surface area contributed by atoms with Crippen molar-refractivity contribution in [2.75, 3.05) is 25.6 Å². The standard InChI is InChI=1S/C32H29ClFN5O3/c1-18-20(5-4-8-25(18)39-32-31-26(9-10-37-32)35-11-12-36-31)22-7-3-6-21(30(22)33)19-13-24(34)23(29(14-19)41-2)15-38-27-16-42-17-28(27)40/h3-14,27-28,38,40H,15-17H2,1-2H3,(H,37,39)/t27-,28+/m1/s1. The van der Waals surface area contributed by atoms with Gasteiger partial charge in [0, 0.05) is 47.5 Å². The zero-order valence-electron chi connectivity index (χ0n) is 23.1. The van der Waals surface area contributed by atoms with Crippen molar-refractivity contribution >= 4 is 34.1 Å². The van der Waals surface area contributed by atoms with Crippen LogP contribution in [0.5, 0.6) is 5.75 Å². The fourth-order valence-corrected chi connectivity index (χ4v) is 5.57. The Morgan fingerprint density at radius 2 is 1.79 bits per heavy atom. The third kappa shape index (κ3) is 5.39. The van der Waals surface area contributed by atoms with E-state index in [2.05, 4.69) is 25.6 Å². The van der Waals surface area contributed by atoms with E-state index in [0.717, 1.165) is 27.9 Å². The lowest BCUT2D eigenvalue weighted by Gasteiger charge is -2.18. The van der Waals surface area contributed by atoms with E-state index in [0.29, 0.717) is 45.4 Å². The average molecular weight is 586 g/mol. The van der Waals surface area contributed by atoms with Gasteiger partial charge in [-0.1, -0.05) is 41.9 Å². The molecule has 1 aliphatic rings. The summed E-state index contributed by atoms with van der Waals surface area (Å²) >= 11 is 7.02. The first-order valence-electron chi connectivity index (χ1n) is 13.5. The maximum absolute atomic E-state index is 15.5. The molecule has 1 saturated heterocycles. The molecule has 2 aromatic heterocycles. The van der Waals surface area contributed by atoms with Gasteiger partial charge in [-0.2, -0.15) is 0 Å². The number of ether oxygens (including phenoxy) is 2. The van der Waals surface area contributed by atoms with Gasteiger partial charge in [0.1, 0.15) is 17.1 Å². The van der Waals surface area contributed by atoms with Gasteiger partial charge >= 0.3 is 0 Å². The van der Waals surface area contributed by atoms with Gasteiger partial charge in [-0.25, -0.2) is 14.4 Å². The number of rotatable bonds is 8. The first-order chi connectivity index (χ1) is 20.4. The molecule has 42 heavy (non-hydrogen) atoms. The molecule has 0 spiro atoms. The van der Waals surface area contributed by atoms with Crippen LogP contribution in [0.3, 0.4) is 0 Å². The summed E-state index contributed by atoms with van der Waals surface area (Å²) in [6.45, 7) is 2.82. The minimum Gasteiger partial charge on any atom is -0.496 e. The Balaban J connectivity index is 1.32. The Hall–Kier alpha value is -4.15. The molecule has 0 aliphatic carbocycles. The maximum Gasteiger partial charge on any atom is 0.158 e. The molecule has 10 heteroatoms. The lowest BCUT2D eigenvalue weighted by Crippen LogP contribution is -2.38. The Morgan fingerprint density at radius 3 is 2.60 bits per heavy atom. The lowest BCUT2D eigenvalue weighted by molar-refractivity contribution is 0.122. The minimum atomic E-state index is -0.631. The second kappa shape index (κ2) is 12.0. The molecule has 2 atom stereocenters. The molecular weight excluding hydrogens is 557 g/mol. The fraction of sp³-hybridized carbons (Fsp3) is 0.219. The molecule has 3 N–H and O–H groups in total. The molecule has 8 nitrogen and oxygen atoms in total. The number of pyridine rings is 1. The Labute approximate surface area is 247 Å². The molecule has 0 radical (unpaired) electrons. The van der Waals surface area contributed by atoms with E-state index in [1.165, 1.54) is 13.2 Å². The van der Waals surface area contributed by atoms with Crippen molar-refractivity contribution in [1.82, 2.24) is 20.3 Å².